The minimum absolute atomic E-state index is 0.0938. The van der Waals surface area contributed by atoms with Gasteiger partial charge in [0, 0.05) is 18.7 Å². The van der Waals surface area contributed by atoms with Crippen molar-refractivity contribution in [1.82, 2.24) is 4.90 Å². The van der Waals surface area contributed by atoms with E-state index in [1.54, 1.807) is 23.1 Å². The highest BCUT2D eigenvalue weighted by atomic mass is 16.5. The first kappa shape index (κ1) is 16.3. The molecule has 1 aliphatic rings. The maximum Gasteiger partial charge on any atom is 0.306 e. The fraction of sp³-hybridized carbons (Fsp3) is 0.500. The number of morpholine rings is 1. The summed E-state index contributed by atoms with van der Waals surface area (Å²) in [5.41, 5.74) is 0.546. The van der Waals surface area contributed by atoms with Crippen LogP contribution >= 0.6 is 0 Å². The Kier molecular flexibility index (Phi) is 5.77. The lowest BCUT2D eigenvalue weighted by Crippen LogP contribution is -2.46. The summed E-state index contributed by atoms with van der Waals surface area (Å²) in [7, 11) is 0. The number of rotatable bonds is 6. The first-order valence-electron chi connectivity index (χ1n) is 7.45. The molecule has 120 valence electrons. The van der Waals surface area contributed by atoms with Gasteiger partial charge in [0.15, 0.2) is 0 Å². The predicted octanol–water partition coefficient (Wildman–Crippen LogP) is 1.79. The van der Waals surface area contributed by atoms with Crippen LogP contribution in [-0.4, -0.2) is 54.3 Å². The molecule has 1 aromatic rings. The number of amides is 1. The molecule has 0 saturated carbocycles. The van der Waals surface area contributed by atoms with E-state index in [0.717, 1.165) is 6.42 Å². The Labute approximate surface area is 129 Å². The van der Waals surface area contributed by atoms with E-state index in [2.05, 4.69) is 0 Å². The third-order valence-electron chi connectivity index (χ3n) is 3.38. The van der Waals surface area contributed by atoms with Crippen molar-refractivity contribution in [2.45, 2.75) is 25.9 Å². The van der Waals surface area contributed by atoms with Crippen LogP contribution in [0.15, 0.2) is 24.3 Å². The Bertz CT molecular complexity index is 531. The summed E-state index contributed by atoms with van der Waals surface area (Å²) in [6, 6.07) is 7.06. The molecule has 22 heavy (non-hydrogen) atoms. The van der Waals surface area contributed by atoms with Gasteiger partial charge in [-0.3, -0.25) is 9.59 Å². The molecule has 1 heterocycles. The Morgan fingerprint density at radius 1 is 1.45 bits per heavy atom. The molecule has 6 heteroatoms. The molecule has 1 unspecified atom stereocenters. The van der Waals surface area contributed by atoms with Crippen molar-refractivity contribution in [1.29, 1.82) is 0 Å². The number of aliphatic carboxylic acids is 1. The van der Waals surface area contributed by atoms with Gasteiger partial charge in [0.05, 0.1) is 25.7 Å². The topological polar surface area (TPSA) is 76.1 Å². The number of hydrogen-bond donors (Lipinski definition) is 1. The van der Waals surface area contributed by atoms with Gasteiger partial charge < -0.3 is 19.5 Å². The van der Waals surface area contributed by atoms with E-state index >= 15 is 0 Å². The lowest BCUT2D eigenvalue weighted by molar-refractivity contribution is -0.141. The molecule has 0 radical (unpaired) electrons. The molecule has 1 fully saturated rings. The number of carboxylic acids is 1. The van der Waals surface area contributed by atoms with Crippen molar-refractivity contribution in [3.63, 3.8) is 0 Å². The fourth-order valence-electron chi connectivity index (χ4n) is 2.34. The maximum atomic E-state index is 12.5. The minimum Gasteiger partial charge on any atom is -0.494 e. The highest BCUT2D eigenvalue weighted by Crippen LogP contribution is 2.17. The van der Waals surface area contributed by atoms with E-state index < -0.39 is 12.1 Å². The number of carbonyl (C=O) groups is 2. The van der Waals surface area contributed by atoms with Crippen LogP contribution in [0, 0.1) is 0 Å². The van der Waals surface area contributed by atoms with E-state index in [-0.39, 0.29) is 12.3 Å². The molecule has 0 aromatic heterocycles. The van der Waals surface area contributed by atoms with E-state index in [0.29, 0.717) is 37.6 Å². The Morgan fingerprint density at radius 3 is 3.00 bits per heavy atom. The van der Waals surface area contributed by atoms with Crippen molar-refractivity contribution in [2.24, 2.45) is 0 Å². The lowest BCUT2D eigenvalue weighted by atomic mass is 10.1. The van der Waals surface area contributed by atoms with Crippen molar-refractivity contribution in [3.8, 4) is 5.75 Å². The Balaban J connectivity index is 2.02. The molecule has 0 spiro atoms. The second-order valence-corrected chi connectivity index (χ2v) is 5.22. The molecule has 1 atom stereocenters. The summed E-state index contributed by atoms with van der Waals surface area (Å²) in [4.78, 5) is 24.9. The highest BCUT2D eigenvalue weighted by Gasteiger charge is 2.26. The van der Waals surface area contributed by atoms with E-state index in [1.807, 2.05) is 13.0 Å². The summed E-state index contributed by atoms with van der Waals surface area (Å²) < 4.78 is 10.9. The molecule has 1 saturated heterocycles. The van der Waals surface area contributed by atoms with Gasteiger partial charge >= 0.3 is 5.97 Å². The van der Waals surface area contributed by atoms with Gasteiger partial charge in [0.25, 0.3) is 5.91 Å². The molecule has 2 rings (SSSR count). The molecule has 0 bridgehead atoms. The largest absolute Gasteiger partial charge is 0.494 e. The standard InChI is InChI=1S/C16H21NO5/c1-2-7-21-13-5-3-4-12(9-13)16(20)17-6-8-22-14(11-17)10-15(18)19/h3-5,9,14H,2,6-8,10-11H2,1H3,(H,18,19). The molecule has 1 aromatic carbocycles. The summed E-state index contributed by atoms with van der Waals surface area (Å²) in [6.07, 6.45) is 0.358. The maximum absolute atomic E-state index is 12.5. The fourth-order valence-corrected chi connectivity index (χ4v) is 2.34. The first-order chi connectivity index (χ1) is 10.6. The normalized spacial score (nSPS) is 18.0. The Morgan fingerprint density at radius 2 is 2.27 bits per heavy atom. The second kappa shape index (κ2) is 7.79. The average molecular weight is 307 g/mol. The summed E-state index contributed by atoms with van der Waals surface area (Å²) in [5, 5.41) is 8.83. The van der Waals surface area contributed by atoms with Crippen LogP contribution in [-0.2, 0) is 9.53 Å². The predicted molar refractivity (Wildman–Crippen MR) is 80.1 cm³/mol. The van der Waals surface area contributed by atoms with Crippen molar-refractivity contribution >= 4 is 11.9 Å². The summed E-state index contributed by atoms with van der Waals surface area (Å²) >= 11 is 0. The first-order valence-corrected chi connectivity index (χ1v) is 7.45. The van der Waals surface area contributed by atoms with Crippen molar-refractivity contribution in [3.05, 3.63) is 29.8 Å². The van der Waals surface area contributed by atoms with Crippen LogP contribution in [0.1, 0.15) is 30.1 Å². The van der Waals surface area contributed by atoms with Gasteiger partial charge in [-0.05, 0) is 24.6 Å². The molecule has 1 amide bonds. The number of nitrogens with zero attached hydrogens (tertiary/aromatic N) is 1. The zero-order chi connectivity index (χ0) is 15.9. The van der Waals surface area contributed by atoms with Gasteiger partial charge in [0.2, 0.25) is 0 Å². The second-order valence-electron chi connectivity index (χ2n) is 5.22. The van der Waals surface area contributed by atoms with Gasteiger partial charge in [0.1, 0.15) is 5.75 Å². The van der Waals surface area contributed by atoms with Crippen LogP contribution < -0.4 is 4.74 Å². The third kappa shape index (κ3) is 4.46. The van der Waals surface area contributed by atoms with Gasteiger partial charge in [-0.25, -0.2) is 0 Å². The average Bonchev–Trinajstić information content (AvgIpc) is 2.52. The Hall–Kier alpha value is -2.08. The van der Waals surface area contributed by atoms with Gasteiger partial charge in [-0.15, -0.1) is 0 Å². The van der Waals surface area contributed by atoms with Crippen LogP contribution in [0.25, 0.3) is 0 Å². The molecule has 0 aliphatic carbocycles. The zero-order valence-electron chi connectivity index (χ0n) is 12.7. The number of hydrogen-bond acceptors (Lipinski definition) is 4. The summed E-state index contributed by atoms with van der Waals surface area (Å²) in [6.45, 7) is 3.75. The number of benzene rings is 1. The van der Waals surface area contributed by atoms with Crippen LogP contribution in [0.2, 0.25) is 0 Å². The number of ether oxygens (including phenoxy) is 2. The molecule has 6 nitrogen and oxygen atoms in total. The number of carboxylic acid groups (broad SMARTS) is 1. The van der Waals surface area contributed by atoms with Gasteiger partial charge in [-0.1, -0.05) is 13.0 Å². The van der Waals surface area contributed by atoms with E-state index in [1.165, 1.54) is 0 Å². The molecular formula is C16H21NO5. The minimum atomic E-state index is -0.922. The molecule has 1 aliphatic heterocycles. The molecule has 1 N–H and O–H groups in total. The van der Waals surface area contributed by atoms with Crippen molar-refractivity contribution < 1.29 is 24.2 Å². The molecular weight excluding hydrogens is 286 g/mol. The smallest absolute Gasteiger partial charge is 0.306 e. The van der Waals surface area contributed by atoms with Crippen LogP contribution in [0.3, 0.4) is 0 Å². The lowest BCUT2D eigenvalue weighted by Gasteiger charge is -2.32. The summed E-state index contributed by atoms with van der Waals surface area (Å²) in [5.74, 6) is -0.377. The van der Waals surface area contributed by atoms with Gasteiger partial charge in [-0.2, -0.15) is 0 Å². The quantitative estimate of drug-likeness (QED) is 0.867. The monoisotopic (exact) mass is 307 g/mol. The third-order valence-corrected chi connectivity index (χ3v) is 3.38. The number of carbonyl (C=O) groups excluding carboxylic acids is 1. The zero-order valence-corrected chi connectivity index (χ0v) is 12.7. The van der Waals surface area contributed by atoms with Crippen molar-refractivity contribution in [2.75, 3.05) is 26.3 Å². The van der Waals surface area contributed by atoms with Crippen LogP contribution in [0.4, 0.5) is 0 Å². The SMILES string of the molecule is CCCOc1cccc(C(=O)N2CCOC(CC(=O)O)C2)c1. The van der Waals surface area contributed by atoms with E-state index in [4.69, 9.17) is 14.6 Å². The highest BCUT2D eigenvalue weighted by molar-refractivity contribution is 5.94. The van der Waals surface area contributed by atoms with Crippen LogP contribution in [0.5, 0.6) is 5.75 Å². The van der Waals surface area contributed by atoms with E-state index in [9.17, 15) is 9.59 Å².